The van der Waals surface area contributed by atoms with Crippen LogP contribution in [0.4, 0.5) is 21.9 Å². The maximum atomic E-state index is 13.0. The summed E-state index contributed by atoms with van der Waals surface area (Å²) in [7, 11) is 0. The van der Waals surface area contributed by atoms with Crippen LogP contribution >= 0.6 is 11.6 Å². The lowest BCUT2D eigenvalue weighted by Gasteiger charge is -2.26. The zero-order valence-electron chi connectivity index (χ0n) is 20.7. The zero-order valence-corrected chi connectivity index (χ0v) is 21.4. The largest absolute Gasteiger partial charge is 0.482 e. The van der Waals surface area contributed by atoms with Gasteiger partial charge in [0.15, 0.2) is 6.61 Å². The summed E-state index contributed by atoms with van der Waals surface area (Å²) in [5.41, 5.74) is 2.46. The van der Waals surface area contributed by atoms with Gasteiger partial charge in [-0.2, -0.15) is 0 Å². The maximum absolute atomic E-state index is 13.0. The molecule has 198 valence electrons. The van der Waals surface area contributed by atoms with Crippen molar-refractivity contribution in [3.8, 4) is 5.75 Å². The Kier molecular flexibility index (Phi) is 7.73. The first kappa shape index (κ1) is 27.0. The lowest BCUT2D eigenvalue weighted by atomic mass is 10.1. The van der Waals surface area contributed by atoms with E-state index < -0.39 is 22.8 Å². The highest BCUT2D eigenvalue weighted by molar-refractivity contribution is 6.39. The van der Waals surface area contributed by atoms with Gasteiger partial charge in [-0.25, -0.2) is 9.69 Å². The molecular formula is C27H21ClN4O7. The molecule has 0 bridgehead atoms. The van der Waals surface area contributed by atoms with Crippen molar-refractivity contribution in [2.24, 2.45) is 0 Å². The van der Waals surface area contributed by atoms with E-state index >= 15 is 0 Å². The summed E-state index contributed by atoms with van der Waals surface area (Å²) in [6.07, 6.45) is 1.24. The Balaban J connectivity index is 1.48. The van der Waals surface area contributed by atoms with Crippen LogP contribution in [0, 0.1) is 24.0 Å². The first-order chi connectivity index (χ1) is 18.5. The molecule has 1 aliphatic heterocycles. The number of ether oxygens (including phenoxy) is 1. The van der Waals surface area contributed by atoms with Crippen LogP contribution in [0.15, 0.2) is 66.2 Å². The van der Waals surface area contributed by atoms with Gasteiger partial charge in [-0.1, -0.05) is 29.8 Å². The fraction of sp³-hybridized carbons (Fsp3) is 0.111. The van der Waals surface area contributed by atoms with E-state index in [1.165, 1.54) is 36.4 Å². The lowest BCUT2D eigenvalue weighted by molar-refractivity contribution is -0.384. The second-order valence-electron chi connectivity index (χ2n) is 8.51. The van der Waals surface area contributed by atoms with Crippen LogP contribution in [-0.4, -0.2) is 35.3 Å². The van der Waals surface area contributed by atoms with Crippen molar-refractivity contribution in [3.63, 3.8) is 0 Å². The second kappa shape index (κ2) is 11.2. The molecule has 0 saturated carbocycles. The van der Waals surface area contributed by atoms with Crippen LogP contribution in [0.2, 0.25) is 5.02 Å². The standard InChI is InChI=1S/C27H21ClN4O7/c1-15-4-3-5-22(16(15)2)29-24(33)14-39-23-11-6-17(13-21(23)28)12-20-25(34)30-27(36)31(26(20)35)18-7-9-19(10-8-18)32(37)38/h3-13H,14H2,1-2H3,(H,29,33)(H,30,34,36)/b20-12-. The van der Waals surface area contributed by atoms with Gasteiger partial charge >= 0.3 is 6.03 Å². The monoisotopic (exact) mass is 548 g/mol. The molecule has 2 N–H and O–H groups in total. The van der Waals surface area contributed by atoms with Crippen molar-refractivity contribution in [1.82, 2.24) is 5.32 Å². The molecule has 1 saturated heterocycles. The number of benzene rings is 3. The van der Waals surface area contributed by atoms with Gasteiger partial charge in [-0.05, 0) is 66.9 Å². The number of carbonyl (C=O) groups excluding carboxylic acids is 4. The third-order valence-corrected chi connectivity index (χ3v) is 6.22. The Labute approximate surface area is 227 Å². The Morgan fingerprint density at radius 3 is 2.49 bits per heavy atom. The summed E-state index contributed by atoms with van der Waals surface area (Å²) in [6, 6.07) is 13.7. The number of hydrogen-bond donors (Lipinski definition) is 2. The van der Waals surface area contributed by atoms with Crippen LogP contribution in [0.3, 0.4) is 0 Å². The summed E-state index contributed by atoms with van der Waals surface area (Å²) < 4.78 is 5.53. The fourth-order valence-corrected chi connectivity index (χ4v) is 3.97. The van der Waals surface area contributed by atoms with Gasteiger partial charge in [0.05, 0.1) is 15.6 Å². The Morgan fingerprint density at radius 2 is 1.82 bits per heavy atom. The molecular weight excluding hydrogens is 528 g/mol. The summed E-state index contributed by atoms with van der Waals surface area (Å²) in [5.74, 6) is -2.01. The number of nitrogens with zero attached hydrogens (tertiary/aromatic N) is 2. The van der Waals surface area contributed by atoms with E-state index in [0.717, 1.165) is 23.3 Å². The van der Waals surface area contributed by atoms with Crippen LogP contribution in [0.1, 0.15) is 16.7 Å². The van der Waals surface area contributed by atoms with Crippen LogP contribution in [0.25, 0.3) is 6.08 Å². The number of non-ortho nitro benzene ring substituents is 1. The average Bonchev–Trinajstić information content (AvgIpc) is 2.89. The van der Waals surface area contributed by atoms with E-state index in [4.69, 9.17) is 16.3 Å². The average molecular weight is 549 g/mol. The number of urea groups is 1. The topological polar surface area (TPSA) is 148 Å². The number of nitro groups is 1. The van der Waals surface area contributed by atoms with Gasteiger partial charge in [0.2, 0.25) is 0 Å². The van der Waals surface area contributed by atoms with Crippen molar-refractivity contribution in [2.45, 2.75) is 13.8 Å². The molecule has 12 heteroatoms. The SMILES string of the molecule is Cc1cccc(NC(=O)COc2ccc(/C=C3/C(=O)NC(=O)N(c4ccc([N+](=O)[O-])cc4)C3=O)cc2Cl)c1C. The minimum Gasteiger partial charge on any atom is -0.482 e. The minimum absolute atomic E-state index is 0.0439. The summed E-state index contributed by atoms with van der Waals surface area (Å²) in [5, 5.41) is 15.9. The number of aryl methyl sites for hydroxylation is 1. The highest BCUT2D eigenvalue weighted by atomic mass is 35.5. The highest BCUT2D eigenvalue weighted by Gasteiger charge is 2.37. The number of hydrogen-bond acceptors (Lipinski definition) is 7. The minimum atomic E-state index is -0.989. The molecule has 0 spiro atoms. The molecule has 11 nitrogen and oxygen atoms in total. The van der Waals surface area contributed by atoms with Crippen LogP contribution < -0.4 is 20.3 Å². The maximum Gasteiger partial charge on any atom is 0.335 e. The van der Waals surface area contributed by atoms with E-state index in [2.05, 4.69) is 10.6 Å². The number of rotatable bonds is 7. The number of nitro benzene ring substituents is 1. The summed E-state index contributed by atoms with van der Waals surface area (Å²) in [6.45, 7) is 3.53. The van der Waals surface area contributed by atoms with Gasteiger partial charge < -0.3 is 10.1 Å². The molecule has 1 fully saturated rings. The summed E-state index contributed by atoms with van der Waals surface area (Å²) in [4.78, 5) is 61.1. The molecule has 4 rings (SSSR count). The molecule has 1 heterocycles. The number of anilines is 2. The summed E-state index contributed by atoms with van der Waals surface area (Å²) >= 11 is 6.31. The number of carbonyl (C=O) groups is 4. The van der Waals surface area contributed by atoms with Gasteiger partial charge in [0.25, 0.3) is 23.4 Å². The molecule has 0 atom stereocenters. The number of barbiturate groups is 1. The zero-order chi connectivity index (χ0) is 28.3. The van der Waals surface area contributed by atoms with Gasteiger partial charge in [-0.3, -0.25) is 29.8 Å². The molecule has 3 aromatic rings. The molecule has 1 aliphatic rings. The predicted octanol–water partition coefficient (Wildman–Crippen LogP) is 4.55. The van der Waals surface area contributed by atoms with E-state index in [9.17, 15) is 29.3 Å². The Bertz CT molecular complexity index is 1550. The van der Waals surface area contributed by atoms with Crippen molar-refractivity contribution < 1.29 is 28.8 Å². The third-order valence-electron chi connectivity index (χ3n) is 5.92. The normalized spacial score (nSPS) is 14.3. The number of imide groups is 2. The molecule has 39 heavy (non-hydrogen) atoms. The van der Waals surface area contributed by atoms with Crippen molar-refractivity contribution in [1.29, 1.82) is 0 Å². The van der Waals surface area contributed by atoms with E-state index in [1.54, 1.807) is 6.07 Å². The smallest absolute Gasteiger partial charge is 0.335 e. The van der Waals surface area contributed by atoms with Crippen molar-refractivity contribution in [3.05, 3.63) is 98.1 Å². The fourth-order valence-electron chi connectivity index (χ4n) is 3.72. The van der Waals surface area contributed by atoms with E-state index in [1.807, 2.05) is 26.0 Å². The quantitative estimate of drug-likeness (QED) is 0.190. The molecule has 0 aromatic heterocycles. The number of amides is 5. The Hall–Kier alpha value is -5.03. The first-order valence-electron chi connectivity index (χ1n) is 11.5. The number of nitrogens with one attached hydrogen (secondary N) is 2. The molecule has 0 aliphatic carbocycles. The van der Waals surface area contributed by atoms with Crippen LogP contribution in [-0.2, 0) is 14.4 Å². The second-order valence-corrected chi connectivity index (χ2v) is 8.91. The lowest BCUT2D eigenvalue weighted by Crippen LogP contribution is -2.54. The molecule has 0 radical (unpaired) electrons. The first-order valence-corrected chi connectivity index (χ1v) is 11.9. The van der Waals surface area contributed by atoms with Gasteiger partial charge in [0.1, 0.15) is 11.3 Å². The van der Waals surface area contributed by atoms with Gasteiger partial charge in [-0.15, -0.1) is 0 Å². The Morgan fingerprint density at radius 1 is 1.10 bits per heavy atom. The third kappa shape index (κ3) is 5.94. The van der Waals surface area contributed by atoms with Gasteiger partial charge in [0, 0.05) is 17.8 Å². The van der Waals surface area contributed by atoms with Crippen LogP contribution in [0.5, 0.6) is 5.75 Å². The number of halogens is 1. The highest BCUT2D eigenvalue weighted by Crippen LogP contribution is 2.28. The molecule has 3 aromatic carbocycles. The predicted molar refractivity (Wildman–Crippen MR) is 144 cm³/mol. The van der Waals surface area contributed by atoms with Crippen molar-refractivity contribution >= 4 is 58.5 Å². The molecule has 0 unspecified atom stereocenters. The van der Waals surface area contributed by atoms with E-state index in [0.29, 0.717) is 16.2 Å². The molecule has 5 amide bonds. The van der Waals surface area contributed by atoms with Crippen molar-refractivity contribution in [2.75, 3.05) is 16.8 Å². The van der Waals surface area contributed by atoms with E-state index in [-0.39, 0.29) is 40.2 Å².